The fourth-order valence-corrected chi connectivity index (χ4v) is 7.35. The minimum atomic E-state index is -5.10. The number of aromatic nitrogens is 3. The number of hydrogen-bond acceptors (Lipinski definition) is 11. The van der Waals surface area contributed by atoms with E-state index in [-0.39, 0.29) is 24.7 Å². The zero-order chi connectivity index (χ0) is 32.5. The highest BCUT2D eigenvalue weighted by atomic mass is 32.2. The number of nitrogen functional groups attached to an aromatic ring is 2. The zero-order valence-electron chi connectivity index (χ0n) is 24.9. The second-order valence-electron chi connectivity index (χ2n) is 10.6. The predicted octanol–water partition coefficient (Wildman–Crippen LogP) is 5.12. The standard InChI is InChI=1S/C29H33F3N8O3S2/c1-4-9-40(28-35-21(17-44-28)27-36-25(33)16-26(34)37-27)22-14-19(6-5-18(22)2)20-7-8-24(23(15-20)43-29(30,31)32)45(41,42)39-12-10-38(3)11-13-39/h5-8,14-17H,4,9-13H2,1-3H3,(H4,33,34,36,37). The number of nitrogens with zero attached hydrogens (tertiary/aromatic N) is 6. The van der Waals surface area contributed by atoms with Gasteiger partial charge in [-0.25, -0.2) is 23.4 Å². The number of likely N-dealkylation sites (N-methyl/N-ethyl adjacent to an activating group) is 1. The van der Waals surface area contributed by atoms with Crippen molar-refractivity contribution in [3.63, 3.8) is 0 Å². The van der Waals surface area contributed by atoms with Gasteiger partial charge in [0.1, 0.15) is 28.0 Å². The number of sulfonamides is 1. The summed E-state index contributed by atoms with van der Waals surface area (Å²) in [6.07, 6.45) is -4.33. The van der Waals surface area contributed by atoms with Crippen LogP contribution in [0.25, 0.3) is 22.6 Å². The SMILES string of the molecule is CCCN(c1nc(-c2nc(N)cc(N)n2)cs1)c1cc(-c2ccc(S(=O)(=O)N3CCN(C)CC3)c(OC(F)(F)F)c2)ccc1C. The van der Waals surface area contributed by atoms with Gasteiger partial charge >= 0.3 is 6.36 Å². The summed E-state index contributed by atoms with van der Waals surface area (Å²) in [5.74, 6) is -0.0485. The highest BCUT2D eigenvalue weighted by Gasteiger charge is 2.36. The molecule has 1 aliphatic heterocycles. The average Bonchev–Trinajstić information content (AvgIpc) is 3.45. The lowest BCUT2D eigenvalue weighted by Crippen LogP contribution is -2.47. The number of hydrogen-bond donors (Lipinski definition) is 2. The number of benzene rings is 2. The normalized spacial score (nSPS) is 14.9. The molecule has 2 aromatic carbocycles. The van der Waals surface area contributed by atoms with E-state index < -0.39 is 27.0 Å². The molecule has 0 bridgehead atoms. The van der Waals surface area contributed by atoms with Gasteiger partial charge < -0.3 is 26.0 Å². The third-order valence-electron chi connectivity index (χ3n) is 7.25. The first-order valence-electron chi connectivity index (χ1n) is 14.1. The van der Waals surface area contributed by atoms with E-state index in [1.165, 1.54) is 33.8 Å². The van der Waals surface area contributed by atoms with Gasteiger partial charge in [0.15, 0.2) is 11.0 Å². The van der Waals surface area contributed by atoms with Gasteiger partial charge in [0.25, 0.3) is 0 Å². The molecule has 1 aliphatic rings. The van der Waals surface area contributed by atoms with Crippen molar-refractivity contribution in [2.45, 2.75) is 31.5 Å². The lowest BCUT2D eigenvalue weighted by Gasteiger charge is -2.32. The molecular formula is C29H33F3N8O3S2. The van der Waals surface area contributed by atoms with Crippen molar-refractivity contribution in [1.29, 1.82) is 0 Å². The molecule has 11 nitrogen and oxygen atoms in total. The molecular weight excluding hydrogens is 630 g/mol. The summed E-state index contributed by atoms with van der Waals surface area (Å²) < 4.78 is 72.9. The van der Waals surface area contributed by atoms with E-state index in [2.05, 4.69) is 14.7 Å². The van der Waals surface area contributed by atoms with Gasteiger partial charge in [-0.3, -0.25) is 0 Å². The van der Waals surface area contributed by atoms with Crippen LogP contribution in [-0.2, 0) is 10.0 Å². The Morgan fingerprint density at radius 1 is 0.978 bits per heavy atom. The largest absolute Gasteiger partial charge is 0.573 e. The molecule has 0 unspecified atom stereocenters. The maximum absolute atomic E-state index is 13.5. The van der Waals surface area contributed by atoms with Crippen molar-refractivity contribution >= 4 is 43.8 Å². The van der Waals surface area contributed by atoms with Crippen LogP contribution < -0.4 is 21.1 Å². The Bertz CT molecular complexity index is 1770. The molecule has 1 saturated heterocycles. The highest BCUT2D eigenvalue weighted by Crippen LogP contribution is 2.39. The van der Waals surface area contributed by atoms with Crippen molar-refractivity contribution in [2.24, 2.45) is 0 Å². The lowest BCUT2D eigenvalue weighted by molar-refractivity contribution is -0.275. The predicted molar refractivity (Wildman–Crippen MR) is 169 cm³/mol. The van der Waals surface area contributed by atoms with E-state index in [1.54, 1.807) is 11.4 Å². The van der Waals surface area contributed by atoms with E-state index in [4.69, 9.17) is 16.5 Å². The summed E-state index contributed by atoms with van der Waals surface area (Å²) in [7, 11) is -2.39. The molecule has 0 aliphatic carbocycles. The van der Waals surface area contributed by atoms with Crippen molar-refractivity contribution in [2.75, 3.05) is 56.1 Å². The molecule has 0 saturated carbocycles. The number of ether oxygens (including phenoxy) is 1. The minimum absolute atomic E-state index is 0.163. The van der Waals surface area contributed by atoms with Crippen LogP contribution in [0.1, 0.15) is 18.9 Å². The Morgan fingerprint density at radius 3 is 2.27 bits per heavy atom. The fourth-order valence-electron chi connectivity index (χ4n) is 4.99. The minimum Gasteiger partial charge on any atom is -0.404 e. The van der Waals surface area contributed by atoms with Gasteiger partial charge in [0.05, 0.1) is 0 Å². The highest BCUT2D eigenvalue weighted by molar-refractivity contribution is 7.89. The van der Waals surface area contributed by atoms with Crippen LogP contribution in [0.5, 0.6) is 5.75 Å². The van der Waals surface area contributed by atoms with Crippen molar-refractivity contribution in [3.05, 3.63) is 53.4 Å². The Balaban J connectivity index is 1.53. The summed E-state index contributed by atoms with van der Waals surface area (Å²) in [4.78, 5) is 16.6. The van der Waals surface area contributed by atoms with Gasteiger partial charge in [-0.2, -0.15) is 4.31 Å². The molecule has 0 atom stereocenters. The van der Waals surface area contributed by atoms with Gasteiger partial charge in [0.2, 0.25) is 10.0 Å². The van der Waals surface area contributed by atoms with Crippen LogP contribution in [0.2, 0.25) is 0 Å². The maximum Gasteiger partial charge on any atom is 0.573 e. The van der Waals surface area contributed by atoms with E-state index in [0.717, 1.165) is 23.7 Å². The number of anilines is 4. The Kier molecular flexibility index (Phi) is 9.21. The maximum atomic E-state index is 13.5. The molecule has 5 rings (SSSR count). The van der Waals surface area contributed by atoms with E-state index in [1.807, 2.05) is 42.8 Å². The van der Waals surface area contributed by atoms with Gasteiger partial charge in [-0.15, -0.1) is 24.5 Å². The van der Waals surface area contributed by atoms with Gasteiger partial charge in [-0.1, -0.05) is 25.1 Å². The zero-order valence-corrected chi connectivity index (χ0v) is 26.5. The van der Waals surface area contributed by atoms with Crippen molar-refractivity contribution in [1.82, 2.24) is 24.2 Å². The monoisotopic (exact) mass is 662 g/mol. The second-order valence-corrected chi connectivity index (χ2v) is 13.4. The number of nitrogens with two attached hydrogens (primary N) is 2. The topological polar surface area (TPSA) is 144 Å². The average molecular weight is 663 g/mol. The van der Waals surface area contributed by atoms with Gasteiger partial charge in [0, 0.05) is 49.9 Å². The molecule has 0 spiro atoms. The summed E-state index contributed by atoms with van der Waals surface area (Å²) in [6.45, 7) is 5.78. The molecule has 0 radical (unpaired) electrons. The van der Waals surface area contributed by atoms with Crippen LogP contribution in [-0.4, -0.2) is 78.7 Å². The third-order valence-corrected chi connectivity index (χ3v) is 10.0. The van der Waals surface area contributed by atoms with E-state index >= 15 is 0 Å². The van der Waals surface area contributed by atoms with Crippen molar-refractivity contribution in [3.8, 4) is 28.4 Å². The first-order valence-corrected chi connectivity index (χ1v) is 16.4. The smallest absolute Gasteiger partial charge is 0.404 e. The molecule has 3 heterocycles. The Morgan fingerprint density at radius 2 is 1.62 bits per heavy atom. The molecule has 4 N–H and O–H groups in total. The van der Waals surface area contributed by atoms with E-state index in [0.29, 0.717) is 47.4 Å². The number of piperazine rings is 1. The molecule has 0 amide bonds. The number of halogens is 3. The molecule has 2 aromatic heterocycles. The Hall–Kier alpha value is -3.99. The van der Waals surface area contributed by atoms with Crippen LogP contribution in [0.15, 0.2) is 52.7 Å². The summed E-state index contributed by atoms with van der Waals surface area (Å²) in [5, 5.41) is 2.44. The number of thiazole rings is 1. The lowest BCUT2D eigenvalue weighted by atomic mass is 10.0. The first-order chi connectivity index (χ1) is 21.2. The Labute approximate surface area is 263 Å². The molecule has 4 aromatic rings. The van der Waals surface area contributed by atoms with Crippen LogP contribution in [0.3, 0.4) is 0 Å². The third kappa shape index (κ3) is 7.30. The molecule has 1 fully saturated rings. The summed E-state index contributed by atoms with van der Waals surface area (Å²) in [6, 6.07) is 10.7. The molecule has 45 heavy (non-hydrogen) atoms. The van der Waals surface area contributed by atoms with Crippen LogP contribution in [0.4, 0.5) is 35.6 Å². The van der Waals surface area contributed by atoms with Crippen LogP contribution >= 0.6 is 11.3 Å². The van der Waals surface area contributed by atoms with E-state index in [9.17, 15) is 21.6 Å². The van der Waals surface area contributed by atoms with Crippen LogP contribution in [0, 0.1) is 6.92 Å². The fraction of sp³-hybridized carbons (Fsp3) is 0.345. The number of rotatable bonds is 9. The van der Waals surface area contributed by atoms with Crippen molar-refractivity contribution < 1.29 is 26.3 Å². The van der Waals surface area contributed by atoms with Gasteiger partial charge in [-0.05, 0) is 55.3 Å². The second kappa shape index (κ2) is 12.8. The quantitative estimate of drug-likeness (QED) is 0.248. The molecule has 240 valence electrons. The number of aryl methyl sites for hydroxylation is 1. The first kappa shape index (κ1) is 32.4. The summed E-state index contributed by atoms with van der Waals surface area (Å²) in [5.41, 5.74) is 14.8. The summed E-state index contributed by atoms with van der Waals surface area (Å²) >= 11 is 1.37. The number of alkyl halides is 3. The molecule has 16 heteroatoms.